The normalized spacial score (nSPS) is 25.3. The highest BCUT2D eigenvalue weighted by atomic mass is 16.4. The minimum Gasteiger partial charge on any atom is -0.480 e. The van der Waals surface area contributed by atoms with E-state index >= 15 is 0 Å². The van der Waals surface area contributed by atoms with Crippen molar-refractivity contribution < 1.29 is 14.7 Å². The van der Waals surface area contributed by atoms with Crippen molar-refractivity contribution in [1.82, 2.24) is 15.1 Å². The standard InChI is InChI=1S/C13H23N3O3/c17-12(8-11-2-1-3-14-9-11)16-6-4-15(5-7-16)10-13(18)19/h11,14H,1-10H2,(H,18,19). The number of carboxylic acids is 1. The van der Waals surface area contributed by atoms with Gasteiger partial charge in [0.15, 0.2) is 0 Å². The Balaban J connectivity index is 1.71. The number of amides is 1. The highest BCUT2D eigenvalue weighted by molar-refractivity contribution is 5.76. The molecule has 1 atom stereocenters. The van der Waals surface area contributed by atoms with E-state index in [1.54, 1.807) is 0 Å². The van der Waals surface area contributed by atoms with Crippen LogP contribution in [0.1, 0.15) is 19.3 Å². The summed E-state index contributed by atoms with van der Waals surface area (Å²) in [5.74, 6) is -0.102. The van der Waals surface area contributed by atoms with E-state index in [9.17, 15) is 9.59 Å². The molecule has 0 aromatic rings. The van der Waals surface area contributed by atoms with Crippen LogP contribution in [0, 0.1) is 5.92 Å². The van der Waals surface area contributed by atoms with Crippen LogP contribution in [0.4, 0.5) is 0 Å². The Labute approximate surface area is 113 Å². The number of piperidine rings is 1. The molecule has 0 saturated carbocycles. The average molecular weight is 269 g/mol. The molecule has 1 amide bonds. The van der Waals surface area contributed by atoms with Crippen molar-refractivity contribution >= 4 is 11.9 Å². The highest BCUT2D eigenvalue weighted by Gasteiger charge is 2.24. The van der Waals surface area contributed by atoms with E-state index in [0.717, 1.165) is 25.9 Å². The first-order chi connectivity index (χ1) is 9.15. The van der Waals surface area contributed by atoms with Crippen LogP contribution in [0.25, 0.3) is 0 Å². The van der Waals surface area contributed by atoms with Gasteiger partial charge in [-0.1, -0.05) is 0 Å². The molecule has 2 N–H and O–H groups in total. The molecule has 6 heteroatoms. The minimum atomic E-state index is -0.798. The van der Waals surface area contributed by atoms with Gasteiger partial charge in [0, 0.05) is 32.6 Å². The molecule has 1 unspecified atom stereocenters. The minimum absolute atomic E-state index is 0.0780. The third-order valence-corrected chi connectivity index (χ3v) is 3.95. The van der Waals surface area contributed by atoms with Crippen molar-refractivity contribution in [2.24, 2.45) is 5.92 Å². The van der Waals surface area contributed by atoms with Gasteiger partial charge >= 0.3 is 5.97 Å². The number of nitrogens with one attached hydrogen (secondary N) is 1. The number of hydrogen-bond acceptors (Lipinski definition) is 4. The SMILES string of the molecule is O=C(O)CN1CCN(C(=O)CC2CCCNC2)CC1. The van der Waals surface area contributed by atoms with Crippen molar-refractivity contribution in [3.63, 3.8) is 0 Å². The molecule has 0 spiro atoms. The number of hydrogen-bond donors (Lipinski definition) is 2. The Bertz CT molecular complexity index is 321. The molecule has 2 saturated heterocycles. The summed E-state index contributed by atoms with van der Waals surface area (Å²) in [7, 11) is 0. The quantitative estimate of drug-likeness (QED) is 0.727. The number of carbonyl (C=O) groups excluding carboxylic acids is 1. The van der Waals surface area contributed by atoms with E-state index < -0.39 is 5.97 Å². The van der Waals surface area contributed by atoms with Crippen LogP contribution in [0.2, 0.25) is 0 Å². The summed E-state index contributed by atoms with van der Waals surface area (Å²) in [4.78, 5) is 26.5. The Morgan fingerprint density at radius 2 is 1.95 bits per heavy atom. The van der Waals surface area contributed by atoms with Gasteiger partial charge in [0.1, 0.15) is 0 Å². The van der Waals surface area contributed by atoms with Gasteiger partial charge in [-0.3, -0.25) is 14.5 Å². The predicted octanol–water partition coefficient (Wildman–Crippen LogP) is -0.395. The molecular formula is C13H23N3O3. The van der Waals surface area contributed by atoms with Gasteiger partial charge < -0.3 is 15.3 Å². The van der Waals surface area contributed by atoms with Gasteiger partial charge in [-0.05, 0) is 31.8 Å². The smallest absolute Gasteiger partial charge is 0.317 e. The Kier molecular flexibility index (Phi) is 5.15. The zero-order chi connectivity index (χ0) is 13.7. The van der Waals surface area contributed by atoms with Gasteiger partial charge in [-0.2, -0.15) is 0 Å². The molecule has 0 bridgehead atoms. The number of rotatable bonds is 4. The first kappa shape index (κ1) is 14.3. The predicted molar refractivity (Wildman–Crippen MR) is 70.9 cm³/mol. The fourth-order valence-electron chi connectivity index (χ4n) is 2.82. The lowest BCUT2D eigenvalue weighted by Gasteiger charge is -2.35. The second-order valence-corrected chi connectivity index (χ2v) is 5.47. The number of aliphatic carboxylic acids is 1. The number of nitrogens with zero attached hydrogens (tertiary/aromatic N) is 2. The first-order valence-electron chi connectivity index (χ1n) is 7.08. The molecule has 2 rings (SSSR count). The fourth-order valence-corrected chi connectivity index (χ4v) is 2.82. The third-order valence-electron chi connectivity index (χ3n) is 3.95. The molecule has 19 heavy (non-hydrogen) atoms. The zero-order valence-electron chi connectivity index (χ0n) is 11.3. The monoisotopic (exact) mass is 269 g/mol. The molecule has 0 aliphatic carbocycles. The van der Waals surface area contributed by atoms with Crippen LogP contribution >= 0.6 is 0 Å². The van der Waals surface area contributed by atoms with Crippen molar-refractivity contribution in [1.29, 1.82) is 0 Å². The summed E-state index contributed by atoms with van der Waals surface area (Å²) in [5, 5.41) is 12.1. The molecule has 2 fully saturated rings. The number of piperazine rings is 1. The molecular weight excluding hydrogens is 246 g/mol. The number of carboxylic acid groups (broad SMARTS) is 1. The van der Waals surface area contributed by atoms with E-state index in [4.69, 9.17) is 5.11 Å². The second-order valence-electron chi connectivity index (χ2n) is 5.47. The van der Waals surface area contributed by atoms with Gasteiger partial charge in [0.05, 0.1) is 6.54 Å². The maximum atomic E-state index is 12.2. The highest BCUT2D eigenvalue weighted by Crippen LogP contribution is 2.16. The molecule has 0 radical (unpaired) electrons. The Morgan fingerprint density at radius 3 is 2.53 bits per heavy atom. The summed E-state index contributed by atoms with van der Waals surface area (Å²) in [5.41, 5.74) is 0. The lowest BCUT2D eigenvalue weighted by molar-refractivity contribution is -0.139. The molecule has 2 heterocycles. The first-order valence-corrected chi connectivity index (χ1v) is 7.08. The third kappa shape index (κ3) is 4.47. The topological polar surface area (TPSA) is 72.9 Å². The van der Waals surface area contributed by atoms with Crippen LogP contribution in [0.5, 0.6) is 0 Å². The summed E-state index contributed by atoms with van der Waals surface area (Å²) in [6, 6.07) is 0. The van der Waals surface area contributed by atoms with Crippen LogP contribution in [0.15, 0.2) is 0 Å². The zero-order valence-corrected chi connectivity index (χ0v) is 11.3. The van der Waals surface area contributed by atoms with Crippen molar-refractivity contribution in [2.75, 3.05) is 45.8 Å². The van der Waals surface area contributed by atoms with Gasteiger partial charge in [-0.25, -0.2) is 0 Å². The van der Waals surface area contributed by atoms with Crippen LogP contribution < -0.4 is 5.32 Å². The summed E-state index contributed by atoms with van der Waals surface area (Å²) in [6.07, 6.45) is 2.92. The van der Waals surface area contributed by atoms with Crippen molar-refractivity contribution in [2.45, 2.75) is 19.3 Å². The Hall–Kier alpha value is -1.14. The maximum Gasteiger partial charge on any atom is 0.317 e. The molecule has 2 aliphatic rings. The molecule has 0 aromatic carbocycles. The maximum absolute atomic E-state index is 12.2. The van der Waals surface area contributed by atoms with Crippen molar-refractivity contribution in [3.8, 4) is 0 Å². The molecule has 6 nitrogen and oxygen atoms in total. The van der Waals surface area contributed by atoms with Gasteiger partial charge in [-0.15, -0.1) is 0 Å². The van der Waals surface area contributed by atoms with E-state index in [1.165, 1.54) is 0 Å². The van der Waals surface area contributed by atoms with Crippen LogP contribution in [-0.4, -0.2) is 72.6 Å². The average Bonchev–Trinajstić information content (AvgIpc) is 2.40. The lowest BCUT2D eigenvalue weighted by Crippen LogP contribution is -2.50. The molecule has 0 aromatic heterocycles. The van der Waals surface area contributed by atoms with E-state index in [1.807, 2.05) is 9.80 Å². The van der Waals surface area contributed by atoms with E-state index in [2.05, 4.69) is 5.32 Å². The van der Waals surface area contributed by atoms with Crippen LogP contribution in [-0.2, 0) is 9.59 Å². The fraction of sp³-hybridized carbons (Fsp3) is 0.846. The van der Waals surface area contributed by atoms with Gasteiger partial charge in [0.2, 0.25) is 5.91 Å². The Morgan fingerprint density at radius 1 is 1.21 bits per heavy atom. The van der Waals surface area contributed by atoms with Gasteiger partial charge in [0.25, 0.3) is 0 Å². The van der Waals surface area contributed by atoms with Crippen LogP contribution in [0.3, 0.4) is 0 Å². The largest absolute Gasteiger partial charge is 0.480 e. The number of carbonyl (C=O) groups is 2. The van der Waals surface area contributed by atoms with E-state index in [-0.39, 0.29) is 12.5 Å². The second kappa shape index (κ2) is 6.86. The van der Waals surface area contributed by atoms with E-state index in [0.29, 0.717) is 38.5 Å². The summed E-state index contributed by atoms with van der Waals surface area (Å²) >= 11 is 0. The summed E-state index contributed by atoms with van der Waals surface area (Å²) in [6.45, 7) is 4.75. The molecule has 108 valence electrons. The summed E-state index contributed by atoms with van der Waals surface area (Å²) < 4.78 is 0. The molecule has 2 aliphatic heterocycles. The van der Waals surface area contributed by atoms with Crippen molar-refractivity contribution in [3.05, 3.63) is 0 Å². The lowest BCUT2D eigenvalue weighted by atomic mass is 9.95.